The maximum absolute atomic E-state index is 5.79. The first-order valence-electron chi connectivity index (χ1n) is 7.26. The number of nitrogens with one attached hydrogen (secondary N) is 1. The lowest BCUT2D eigenvalue weighted by atomic mass is 9.96. The largest absolute Gasteiger partial charge is 0.271 e. The van der Waals surface area contributed by atoms with Gasteiger partial charge in [-0.1, -0.05) is 31.2 Å². The second-order valence-electron chi connectivity index (χ2n) is 5.07. The molecule has 0 aliphatic heterocycles. The van der Waals surface area contributed by atoms with Crippen molar-refractivity contribution in [2.75, 3.05) is 0 Å². The van der Waals surface area contributed by atoms with Crippen molar-refractivity contribution in [3.05, 3.63) is 52.8 Å². The van der Waals surface area contributed by atoms with Crippen LogP contribution in [0.15, 0.2) is 30.3 Å². The highest BCUT2D eigenvalue weighted by atomic mass is 15.3. The Morgan fingerprint density at radius 1 is 1.30 bits per heavy atom. The zero-order valence-electron chi connectivity index (χ0n) is 12.6. The van der Waals surface area contributed by atoms with E-state index in [1.807, 2.05) is 11.6 Å². The number of aryl methyl sites for hydroxylation is 3. The van der Waals surface area contributed by atoms with Crippen LogP contribution in [0.2, 0.25) is 0 Å². The van der Waals surface area contributed by atoms with Crippen molar-refractivity contribution >= 4 is 0 Å². The van der Waals surface area contributed by atoms with Gasteiger partial charge in [-0.05, 0) is 37.5 Å². The van der Waals surface area contributed by atoms with Gasteiger partial charge in [-0.15, -0.1) is 0 Å². The molecule has 4 heteroatoms. The summed E-state index contributed by atoms with van der Waals surface area (Å²) in [6.07, 6.45) is 1.86. The summed E-state index contributed by atoms with van der Waals surface area (Å²) in [6.45, 7) is 7.20. The number of benzene rings is 1. The summed E-state index contributed by atoms with van der Waals surface area (Å²) in [7, 11) is 0. The van der Waals surface area contributed by atoms with E-state index in [2.05, 4.69) is 54.7 Å². The van der Waals surface area contributed by atoms with E-state index in [0.717, 1.165) is 25.1 Å². The third kappa shape index (κ3) is 3.08. The van der Waals surface area contributed by atoms with Crippen molar-refractivity contribution in [2.24, 2.45) is 5.84 Å². The zero-order chi connectivity index (χ0) is 14.5. The molecule has 2 aromatic rings. The molecule has 1 heterocycles. The SMILES string of the molecule is CCc1ccccc1C(Cc1cc(C)nn1CC)NN. The van der Waals surface area contributed by atoms with Gasteiger partial charge in [-0.25, -0.2) is 0 Å². The first-order chi connectivity index (χ1) is 9.69. The molecule has 108 valence electrons. The Labute approximate surface area is 121 Å². The van der Waals surface area contributed by atoms with E-state index in [1.54, 1.807) is 0 Å². The molecule has 0 saturated carbocycles. The fourth-order valence-corrected chi connectivity index (χ4v) is 2.70. The van der Waals surface area contributed by atoms with Gasteiger partial charge in [0, 0.05) is 18.7 Å². The molecule has 20 heavy (non-hydrogen) atoms. The monoisotopic (exact) mass is 272 g/mol. The average Bonchev–Trinajstić information content (AvgIpc) is 2.84. The minimum absolute atomic E-state index is 0.118. The number of nitrogens with two attached hydrogens (primary N) is 1. The van der Waals surface area contributed by atoms with Crippen molar-refractivity contribution in [2.45, 2.75) is 46.2 Å². The van der Waals surface area contributed by atoms with Crippen molar-refractivity contribution in [1.29, 1.82) is 0 Å². The van der Waals surface area contributed by atoms with E-state index in [9.17, 15) is 0 Å². The summed E-state index contributed by atoms with van der Waals surface area (Å²) in [4.78, 5) is 0. The van der Waals surface area contributed by atoms with Gasteiger partial charge >= 0.3 is 0 Å². The Kier molecular flexibility index (Phi) is 4.93. The fraction of sp³-hybridized carbons (Fsp3) is 0.438. The van der Waals surface area contributed by atoms with Crippen molar-refractivity contribution in [3.63, 3.8) is 0 Å². The van der Waals surface area contributed by atoms with Gasteiger partial charge in [-0.2, -0.15) is 5.10 Å². The molecule has 0 spiro atoms. The third-order valence-electron chi connectivity index (χ3n) is 3.71. The Hall–Kier alpha value is -1.65. The van der Waals surface area contributed by atoms with Gasteiger partial charge in [0.1, 0.15) is 0 Å². The summed E-state index contributed by atoms with van der Waals surface area (Å²) >= 11 is 0. The lowest BCUT2D eigenvalue weighted by molar-refractivity contribution is 0.514. The minimum atomic E-state index is 0.118. The number of nitrogens with zero attached hydrogens (tertiary/aromatic N) is 2. The summed E-state index contributed by atoms with van der Waals surface area (Å²) in [5, 5.41) is 4.50. The van der Waals surface area contributed by atoms with Gasteiger partial charge in [-0.3, -0.25) is 16.0 Å². The zero-order valence-corrected chi connectivity index (χ0v) is 12.6. The van der Waals surface area contributed by atoms with E-state index in [4.69, 9.17) is 5.84 Å². The van der Waals surface area contributed by atoms with Gasteiger partial charge < -0.3 is 0 Å². The standard InChI is InChI=1S/C16H24N4/c1-4-13-8-6-7-9-15(13)16(18-17)11-14-10-12(3)19-20(14)5-2/h6-10,16,18H,4-5,11,17H2,1-3H3. The molecule has 1 aromatic carbocycles. The molecule has 0 fully saturated rings. The smallest absolute Gasteiger partial charge is 0.0596 e. The number of aromatic nitrogens is 2. The third-order valence-corrected chi connectivity index (χ3v) is 3.71. The summed E-state index contributed by atoms with van der Waals surface area (Å²) < 4.78 is 2.05. The van der Waals surface area contributed by atoms with Crippen LogP contribution >= 0.6 is 0 Å². The molecule has 1 atom stereocenters. The van der Waals surface area contributed by atoms with Gasteiger partial charge in [0.15, 0.2) is 0 Å². The number of hydrazine groups is 1. The molecule has 0 aliphatic rings. The highest BCUT2D eigenvalue weighted by Gasteiger charge is 2.16. The van der Waals surface area contributed by atoms with Gasteiger partial charge in [0.25, 0.3) is 0 Å². The van der Waals surface area contributed by atoms with Crippen LogP contribution in [0.1, 0.15) is 42.4 Å². The molecule has 1 unspecified atom stereocenters. The van der Waals surface area contributed by atoms with Crippen molar-refractivity contribution in [3.8, 4) is 0 Å². The Balaban J connectivity index is 2.28. The van der Waals surface area contributed by atoms with E-state index in [0.29, 0.717) is 0 Å². The molecule has 2 rings (SSSR count). The summed E-state index contributed by atoms with van der Waals surface area (Å²) in [5.74, 6) is 5.79. The van der Waals surface area contributed by atoms with Gasteiger partial charge in [0.2, 0.25) is 0 Å². The number of hydrogen-bond acceptors (Lipinski definition) is 3. The molecule has 3 N–H and O–H groups in total. The number of rotatable bonds is 6. The Bertz CT molecular complexity index is 559. The molecule has 0 radical (unpaired) electrons. The van der Waals surface area contributed by atoms with Crippen LogP contribution in [-0.4, -0.2) is 9.78 Å². The lowest BCUT2D eigenvalue weighted by Crippen LogP contribution is -2.31. The maximum Gasteiger partial charge on any atom is 0.0596 e. The van der Waals surface area contributed by atoms with Crippen molar-refractivity contribution < 1.29 is 0 Å². The maximum atomic E-state index is 5.79. The van der Waals surface area contributed by atoms with E-state index in [1.165, 1.54) is 16.8 Å². The van der Waals surface area contributed by atoms with E-state index in [-0.39, 0.29) is 6.04 Å². The van der Waals surface area contributed by atoms with Crippen LogP contribution in [0.4, 0.5) is 0 Å². The highest BCUT2D eigenvalue weighted by molar-refractivity contribution is 5.31. The van der Waals surface area contributed by atoms with Crippen LogP contribution in [0.25, 0.3) is 0 Å². The predicted octanol–water partition coefficient (Wildman–Crippen LogP) is 2.52. The summed E-state index contributed by atoms with van der Waals surface area (Å²) in [5.41, 5.74) is 7.86. The topological polar surface area (TPSA) is 55.9 Å². The lowest BCUT2D eigenvalue weighted by Gasteiger charge is -2.19. The first kappa shape index (κ1) is 14.8. The van der Waals surface area contributed by atoms with E-state index < -0.39 is 0 Å². The van der Waals surface area contributed by atoms with Crippen LogP contribution in [0.3, 0.4) is 0 Å². The van der Waals surface area contributed by atoms with Crippen LogP contribution < -0.4 is 11.3 Å². The first-order valence-corrected chi connectivity index (χ1v) is 7.26. The molecule has 0 amide bonds. The molecule has 0 saturated heterocycles. The molecular formula is C16H24N4. The van der Waals surface area contributed by atoms with Crippen LogP contribution in [-0.2, 0) is 19.4 Å². The summed E-state index contributed by atoms with van der Waals surface area (Å²) in [6, 6.07) is 10.7. The van der Waals surface area contributed by atoms with Crippen LogP contribution in [0, 0.1) is 6.92 Å². The normalized spacial score (nSPS) is 12.6. The fourth-order valence-electron chi connectivity index (χ4n) is 2.70. The molecule has 0 bridgehead atoms. The quantitative estimate of drug-likeness (QED) is 0.627. The van der Waals surface area contributed by atoms with E-state index >= 15 is 0 Å². The average molecular weight is 272 g/mol. The molecule has 4 nitrogen and oxygen atoms in total. The van der Waals surface area contributed by atoms with Crippen LogP contribution in [0.5, 0.6) is 0 Å². The second kappa shape index (κ2) is 6.68. The second-order valence-corrected chi connectivity index (χ2v) is 5.07. The molecular weight excluding hydrogens is 248 g/mol. The number of hydrogen-bond donors (Lipinski definition) is 2. The predicted molar refractivity (Wildman–Crippen MR) is 82.2 cm³/mol. The highest BCUT2D eigenvalue weighted by Crippen LogP contribution is 2.22. The minimum Gasteiger partial charge on any atom is -0.271 e. The Morgan fingerprint density at radius 3 is 2.70 bits per heavy atom. The molecule has 0 aliphatic carbocycles. The Morgan fingerprint density at radius 2 is 2.05 bits per heavy atom. The van der Waals surface area contributed by atoms with Crippen molar-refractivity contribution in [1.82, 2.24) is 15.2 Å². The molecule has 1 aromatic heterocycles. The van der Waals surface area contributed by atoms with Gasteiger partial charge in [0.05, 0.1) is 11.7 Å².